The van der Waals surface area contributed by atoms with Crippen LogP contribution in [-0.4, -0.2) is 24.4 Å². The van der Waals surface area contributed by atoms with Gasteiger partial charge in [-0.2, -0.15) is 0 Å². The lowest BCUT2D eigenvalue weighted by atomic mass is 9.81. The van der Waals surface area contributed by atoms with Crippen molar-refractivity contribution in [2.45, 2.75) is 77.7 Å². The van der Waals surface area contributed by atoms with Crippen molar-refractivity contribution in [1.82, 2.24) is 10.6 Å². The van der Waals surface area contributed by atoms with Crippen molar-refractivity contribution in [3.8, 4) is 0 Å². The van der Waals surface area contributed by atoms with Gasteiger partial charge in [0.05, 0.1) is 0 Å². The molecule has 0 aromatic carbocycles. The molecule has 0 atom stereocenters. The summed E-state index contributed by atoms with van der Waals surface area (Å²) in [5.41, 5.74) is 0. The van der Waals surface area contributed by atoms with Crippen molar-refractivity contribution in [3.63, 3.8) is 0 Å². The van der Waals surface area contributed by atoms with Gasteiger partial charge in [0, 0.05) is 24.4 Å². The van der Waals surface area contributed by atoms with Gasteiger partial charge in [-0.15, -0.1) is 0 Å². The van der Waals surface area contributed by atoms with Gasteiger partial charge in [-0.3, -0.25) is 9.59 Å². The molecule has 0 radical (unpaired) electrons. The van der Waals surface area contributed by atoms with Crippen molar-refractivity contribution in [3.05, 3.63) is 0 Å². The molecule has 0 aromatic rings. The Balaban J connectivity index is 1.66. The highest BCUT2D eigenvalue weighted by molar-refractivity contribution is 5.81. The van der Waals surface area contributed by atoms with E-state index in [-0.39, 0.29) is 23.7 Å². The Hall–Kier alpha value is -1.06. The Bertz CT molecular complexity index is 367. The number of carbonyl (C=O) groups excluding carboxylic acids is 2. The maximum Gasteiger partial charge on any atom is 0.223 e. The van der Waals surface area contributed by atoms with Crippen molar-refractivity contribution < 1.29 is 9.59 Å². The van der Waals surface area contributed by atoms with Crippen molar-refractivity contribution in [2.75, 3.05) is 6.54 Å². The Labute approximate surface area is 134 Å². The highest BCUT2D eigenvalue weighted by Gasteiger charge is 2.30. The fourth-order valence-electron chi connectivity index (χ4n) is 3.64. The van der Waals surface area contributed by atoms with Gasteiger partial charge in [-0.1, -0.05) is 26.7 Å². The smallest absolute Gasteiger partial charge is 0.223 e. The molecule has 126 valence electrons. The third kappa shape index (κ3) is 5.29. The van der Waals surface area contributed by atoms with Gasteiger partial charge in [-0.25, -0.2) is 0 Å². The Kier molecular flexibility index (Phi) is 6.71. The number of nitrogens with one attached hydrogen (secondary N) is 2. The van der Waals surface area contributed by atoms with Crippen LogP contribution in [0.3, 0.4) is 0 Å². The Morgan fingerprint density at radius 3 is 2.00 bits per heavy atom. The summed E-state index contributed by atoms with van der Waals surface area (Å²) < 4.78 is 0. The molecule has 4 nitrogen and oxygen atoms in total. The summed E-state index contributed by atoms with van der Waals surface area (Å²) in [5.74, 6) is 1.28. The van der Waals surface area contributed by atoms with E-state index < -0.39 is 0 Å². The van der Waals surface area contributed by atoms with Crippen LogP contribution in [-0.2, 0) is 9.59 Å². The van der Waals surface area contributed by atoms with Crippen LogP contribution in [0.2, 0.25) is 0 Å². The number of hydrogen-bond donors (Lipinski definition) is 2. The monoisotopic (exact) mass is 308 g/mol. The molecule has 2 saturated carbocycles. The molecule has 2 aliphatic rings. The van der Waals surface area contributed by atoms with E-state index in [1.54, 1.807) is 0 Å². The van der Waals surface area contributed by atoms with Gasteiger partial charge < -0.3 is 10.6 Å². The molecule has 0 heterocycles. The molecule has 0 unspecified atom stereocenters. The van der Waals surface area contributed by atoms with Gasteiger partial charge >= 0.3 is 0 Å². The van der Waals surface area contributed by atoms with Gasteiger partial charge in [0.25, 0.3) is 0 Å². The lowest BCUT2D eigenvalue weighted by molar-refractivity contribution is -0.130. The van der Waals surface area contributed by atoms with E-state index in [9.17, 15) is 9.59 Å². The van der Waals surface area contributed by atoms with E-state index in [1.807, 2.05) is 0 Å². The fourth-order valence-corrected chi connectivity index (χ4v) is 3.64. The van der Waals surface area contributed by atoms with E-state index in [4.69, 9.17) is 0 Å². The lowest BCUT2D eigenvalue weighted by Crippen LogP contribution is -2.40. The van der Waals surface area contributed by atoms with E-state index in [0.29, 0.717) is 12.0 Å². The first-order valence-electron chi connectivity index (χ1n) is 9.14. The van der Waals surface area contributed by atoms with Crippen molar-refractivity contribution in [2.24, 2.45) is 17.8 Å². The standard InChI is InChI=1S/C18H32N2O2/c1-13(2)11-12-19-17(21)14-7-9-15(10-8-14)18(22)20-16-5-3-4-6-16/h13-16H,3-12H2,1-2H3,(H,19,21)(H,20,22). The number of rotatable bonds is 6. The van der Waals surface area contributed by atoms with Crippen LogP contribution < -0.4 is 10.6 Å². The molecule has 0 aliphatic heterocycles. The first-order valence-corrected chi connectivity index (χ1v) is 9.14. The quantitative estimate of drug-likeness (QED) is 0.792. The highest BCUT2D eigenvalue weighted by atomic mass is 16.2. The molecule has 2 N–H and O–H groups in total. The summed E-state index contributed by atoms with van der Waals surface area (Å²) in [6.45, 7) is 5.11. The number of hydrogen-bond acceptors (Lipinski definition) is 2. The maximum atomic E-state index is 12.3. The summed E-state index contributed by atoms with van der Waals surface area (Å²) >= 11 is 0. The lowest BCUT2D eigenvalue weighted by Gasteiger charge is -2.28. The molecule has 22 heavy (non-hydrogen) atoms. The fraction of sp³-hybridized carbons (Fsp3) is 0.889. The minimum atomic E-state index is 0.114. The summed E-state index contributed by atoms with van der Waals surface area (Å²) in [4.78, 5) is 24.4. The number of amides is 2. The van der Waals surface area contributed by atoms with Crippen LogP contribution in [0.1, 0.15) is 71.6 Å². The zero-order valence-electron chi connectivity index (χ0n) is 14.2. The second-order valence-corrected chi connectivity index (χ2v) is 7.51. The van der Waals surface area contributed by atoms with Crippen LogP contribution in [0.5, 0.6) is 0 Å². The zero-order chi connectivity index (χ0) is 15.9. The van der Waals surface area contributed by atoms with Crippen molar-refractivity contribution >= 4 is 11.8 Å². The first-order chi connectivity index (χ1) is 10.6. The molecule has 2 amide bonds. The Morgan fingerprint density at radius 1 is 0.909 bits per heavy atom. The second-order valence-electron chi connectivity index (χ2n) is 7.51. The molecule has 2 aliphatic carbocycles. The summed E-state index contributed by atoms with van der Waals surface area (Å²) in [6.07, 6.45) is 9.24. The molecular formula is C18H32N2O2. The summed E-state index contributed by atoms with van der Waals surface area (Å²) in [7, 11) is 0. The SMILES string of the molecule is CC(C)CCNC(=O)C1CCC(C(=O)NC2CCCC2)CC1. The topological polar surface area (TPSA) is 58.2 Å². The largest absolute Gasteiger partial charge is 0.356 e. The molecule has 0 saturated heterocycles. The minimum Gasteiger partial charge on any atom is -0.356 e. The first kappa shape index (κ1) is 17.3. The Morgan fingerprint density at radius 2 is 1.45 bits per heavy atom. The zero-order valence-corrected chi connectivity index (χ0v) is 14.2. The third-order valence-electron chi connectivity index (χ3n) is 5.19. The van der Waals surface area contributed by atoms with Crippen LogP contribution in [0.15, 0.2) is 0 Å². The van der Waals surface area contributed by atoms with Crippen LogP contribution in [0.25, 0.3) is 0 Å². The molecular weight excluding hydrogens is 276 g/mol. The molecule has 0 spiro atoms. The average Bonchev–Trinajstić information content (AvgIpc) is 3.00. The molecule has 2 rings (SSSR count). The number of carbonyl (C=O) groups is 2. The minimum absolute atomic E-state index is 0.114. The highest BCUT2D eigenvalue weighted by Crippen LogP contribution is 2.29. The van der Waals surface area contributed by atoms with E-state index in [1.165, 1.54) is 12.8 Å². The average molecular weight is 308 g/mol. The van der Waals surface area contributed by atoms with Gasteiger partial charge in [0.1, 0.15) is 0 Å². The summed E-state index contributed by atoms with van der Waals surface area (Å²) in [6, 6.07) is 0.407. The van der Waals surface area contributed by atoms with E-state index in [2.05, 4.69) is 24.5 Å². The molecule has 0 aromatic heterocycles. The molecule has 2 fully saturated rings. The molecule has 0 bridgehead atoms. The van der Waals surface area contributed by atoms with E-state index in [0.717, 1.165) is 51.5 Å². The normalized spacial score (nSPS) is 26.1. The van der Waals surface area contributed by atoms with E-state index >= 15 is 0 Å². The maximum absolute atomic E-state index is 12.3. The van der Waals surface area contributed by atoms with Crippen molar-refractivity contribution in [1.29, 1.82) is 0 Å². The van der Waals surface area contributed by atoms with Gasteiger partial charge in [0.2, 0.25) is 11.8 Å². The van der Waals surface area contributed by atoms with Crippen LogP contribution in [0.4, 0.5) is 0 Å². The van der Waals surface area contributed by atoms with Crippen LogP contribution in [0, 0.1) is 17.8 Å². The third-order valence-corrected chi connectivity index (χ3v) is 5.19. The van der Waals surface area contributed by atoms with Gasteiger partial charge in [-0.05, 0) is 50.9 Å². The molecule has 4 heteroatoms. The predicted octanol–water partition coefficient (Wildman–Crippen LogP) is 3.01. The van der Waals surface area contributed by atoms with Crippen LogP contribution >= 0.6 is 0 Å². The predicted molar refractivity (Wildman–Crippen MR) is 88.3 cm³/mol. The summed E-state index contributed by atoms with van der Waals surface area (Å²) in [5, 5.41) is 6.25. The second kappa shape index (κ2) is 8.54. The van der Waals surface area contributed by atoms with Gasteiger partial charge in [0.15, 0.2) is 0 Å².